The van der Waals surface area contributed by atoms with E-state index in [1.807, 2.05) is 28.8 Å². The zero-order chi connectivity index (χ0) is 21.5. The van der Waals surface area contributed by atoms with E-state index < -0.39 is 0 Å². The highest BCUT2D eigenvalue weighted by Crippen LogP contribution is 2.22. The lowest BCUT2D eigenvalue weighted by Crippen LogP contribution is -2.35. The summed E-state index contributed by atoms with van der Waals surface area (Å²) in [4.78, 5) is 21.7. The number of carbonyl (C=O) groups excluding carboxylic acids is 1. The van der Waals surface area contributed by atoms with Crippen LogP contribution in [0, 0.1) is 0 Å². The Bertz CT molecular complexity index is 969. The SMILES string of the molecule is Cn1ccnc1SCc1ccc(C(=O)N2CCCN(CCCc3ccccc3)CC2)o1. The number of furan rings is 1. The van der Waals surface area contributed by atoms with E-state index in [0.717, 1.165) is 62.9 Å². The molecule has 7 heteroatoms. The van der Waals surface area contributed by atoms with Gasteiger partial charge >= 0.3 is 0 Å². The average Bonchev–Trinajstić information content (AvgIpc) is 3.36. The summed E-state index contributed by atoms with van der Waals surface area (Å²) in [5.74, 6) is 1.90. The predicted octanol–water partition coefficient (Wildman–Crippen LogP) is 4.09. The highest BCUT2D eigenvalue weighted by molar-refractivity contribution is 7.98. The highest BCUT2D eigenvalue weighted by atomic mass is 32.2. The third-order valence-corrected chi connectivity index (χ3v) is 6.73. The summed E-state index contributed by atoms with van der Waals surface area (Å²) in [6.45, 7) is 4.58. The molecule has 1 amide bonds. The number of benzene rings is 1. The summed E-state index contributed by atoms with van der Waals surface area (Å²) in [5, 5.41) is 0.934. The van der Waals surface area contributed by atoms with Crippen molar-refractivity contribution in [3.63, 3.8) is 0 Å². The summed E-state index contributed by atoms with van der Waals surface area (Å²) >= 11 is 1.60. The predicted molar refractivity (Wildman–Crippen MR) is 123 cm³/mol. The Morgan fingerprint density at radius 1 is 1.10 bits per heavy atom. The van der Waals surface area contributed by atoms with E-state index in [2.05, 4.69) is 40.2 Å². The van der Waals surface area contributed by atoms with Gasteiger partial charge in [0.2, 0.25) is 0 Å². The van der Waals surface area contributed by atoms with Crippen molar-refractivity contribution in [1.82, 2.24) is 19.4 Å². The van der Waals surface area contributed by atoms with Gasteiger partial charge in [-0.1, -0.05) is 42.1 Å². The number of aryl methyl sites for hydroxylation is 2. The topological polar surface area (TPSA) is 54.5 Å². The fourth-order valence-corrected chi connectivity index (χ4v) is 4.73. The molecule has 1 fully saturated rings. The van der Waals surface area contributed by atoms with Crippen molar-refractivity contribution in [2.24, 2.45) is 7.05 Å². The number of hydrogen-bond donors (Lipinski definition) is 0. The lowest BCUT2D eigenvalue weighted by molar-refractivity contribution is 0.0728. The number of rotatable bonds is 8. The van der Waals surface area contributed by atoms with Crippen LogP contribution in [-0.4, -0.2) is 58.0 Å². The molecule has 0 bridgehead atoms. The van der Waals surface area contributed by atoms with E-state index in [9.17, 15) is 4.79 Å². The summed E-state index contributed by atoms with van der Waals surface area (Å²) in [5.41, 5.74) is 1.39. The van der Waals surface area contributed by atoms with E-state index in [4.69, 9.17) is 4.42 Å². The maximum Gasteiger partial charge on any atom is 0.289 e. The van der Waals surface area contributed by atoms with Crippen LogP contribution in [0.5, 0.6) is 0 Å². The van der Waals surface area contributed by atoms with Crippen LogP contribution in [0.2, 0.25) is 0 Å². The normalized spacial score (nSPS) is 15.2. The third-order valence-electron chi connectivity index (χ3n) is 5.65. The molecule has 2 aromatic heterocycles. The van der Waals surface area contributed by atoms with Crippen LogP contribution in [0.15, 0.2) is 64.4 Å². The van der Waals surface area contributed by atoms with Gasteiger partial charge in [0, 0.05) is 39.1 Å². The van der Waals surface area contributed by atoms with Crippen LogP contribution >= 0.6 is 11.8 Å². The van der Waals surface area contributed by atoms with Crippen molar-refractivity contribution in [3.8, 4) is 0 Å². The molecule has 0 radical (unpaired) electrons. The molecule has 0 atom stereocenters. The maximum absolute atomic E-state index is 12.9. The molecule has 1 aliphatic rings. The summed E-state index contributed by atoms with van der Waals surface area (Å²) in [6, 6.07) is 14.3. The monoisotopic (exact) mass is 438 g/mol. The maximum atomic E-state index is 12.9. The van der Waals surface area contributed by atoms with Crippen molar-refractivity contribution in [2.75, 3.05) is 32.7 Å². The Morgan fingerprint density at radius 3 is 2.77 bits per heavy atom. The molecule has 0 aliphatic carbocycles. The number of aromatic nitrogens is 2. The molecule has 0 N–H and O–H groups in total. The Hall–Kier alpha value is -2.51. The largest absolute Gasteiger partial charge is 0.455 e. The smallest absolute Gasteiger partial charge is 0.289 e. The van der Waals surface area contributed by atoms with Crippen LogP contribution < -0.4 is 0 Å². The molecule has 164 valence electrons. The molecular formula is C24H30N4O2S. The molecule has 0 saturated carbocycles. The zero-order valence-corrected chi connectivity index (χ0v) is 18.9. The molecule has 0 unspecified atom stereocenters. The lowest BCUT2D eigenvalue weighted by Gasteiger charge is -2.21. The second-order valence-electron chi connectivity index (χ2n) is 7.95. The molecule has 0 spiro atoms. The second kappa shape index (κ2) is 10.7. The molecule has 1 aliphatic heterocycles. The van der Waals surface area contributed by atoms with E-state index in [-0.39, 0.29) is 5.91 Å². The molecular weight excluding hydrogens is 408 g/mol. The van der Waals surface area contributed by atoms with Gasteiger partial charge in [0.15, 0.2) is 10.9 Å². The molecule has 3 heterocycles. The number of nitrogens with zero attached hydrogens (tertiary/aromatic N) is 4. The second-order valence-corrected chi connectivity index (χ2v) is 8.89. The van der Waals surface area contributed by atoms with Crippen molar-refractivity contribution in [3.05, 3.63) is 71.9 Å². The number of hydrogen-bond acceptors (Lipinski definition) is 5. The van der Waals surface area contributed by atoms with Crippen molar-refractivity contribution in [2.45, 2.75) is 30.2 Å². The quantitative estimate of drug-likeness (QED) is 0.496. The van der Waals surface area contributed by atoms with Gasteiger partial charge in [-0.2, -0.15) is 0 Å². The van der Waals surface area contributed by atoms with Crippen LogP contribution in [0.25, 0.3) is 0 Å². The van der Waals surface area contributed by atoms with Crippen LogP contribution in [0.1, 0.15) is 34.7 Å². The minimum Gasteiger partial charge on any atom is -0.455 e. The fraction of sp³-hybridized carbons (Fsp3) is 0.417. The van der Waals surface area contributed by atoms with Gasteiger partial charge in [0.25, 0.3) is 5.91 Å². The minimum atomic E-state index is -0.000577. The van der Waals surface area contributed by atoms with Gasteiger partial charge in [-0.25, -0.2) is 4.98 Å². The van der Waals surface area contributed by atoms with Gasteiger partial charge in [-0.05, 0) is 50.0 Å². The van der Waals surface area contributed by atoms with E-state index in [1.165, 1.54) is 5.56 Å². The number of amides is 1. The third kappa shape index (κ3) is 6.02. The molecule has 1 saturated heterocycles. The highest BCUT2D eigenvalue weighted by Gasteiger charge is 2.22. The van der Waals surface area contributed by atoms with E-state index >= 15 is 0 Å². The standard InChI is InChI=1S/C24H30N4O2S/c1-26-16-12-25-24(26)31-19-21-10-11-22(30-21)23(29)28-15-6-14-27(17-18-28)13-5-9-20-7-3-2-4-8-20/h2-4,7-8,10-12,16H,5-6,9,13-15,17-19H2,1H3. The first-order chi connectivity index (χ1) is 15.2. The van der Waals surface area contributed by atoms with Gasteiger partial charge in [-0.3, -0.25) is 4.79 Å². The van der Waals surface area contributed by atoms with Gasteiger partial charge < -0.3 is 18.8 Å². The van der Waals surface area contributed by atoms with Crippen molar-refractivity contribution in [1.29, 1.82) is 0 Å². The number of thioether (sulfide) groups is 1. The molecule has 3 aromatic rings. The van der Waals surface area contributed by atoms with Crippen LogP contribution in [-0.2, 0) is 19.2 Å². The van der Waals surface area contributed by atoms with Gasteiger partial charge in [0.1, 0.15) is 5.76 Å². The molecule has 31 heavy (non-hydrogen) atoms. The molecule has 1 aromatic carbocycles. The van der Waals surface area contributed by atoms with Gasteiger partial charge in [-0.15, -0.1) is 0 Å². The number of imidazole rings is 1. The summed E-state index contributed by atoms with van der Waals surface area (Å²) in [6.07, 6.45) is 6.95. The minimum absolute atomic E-state index is 0.000577. The Labute approximate surface area is 188 Å². The molecule has 6 nitrogen and oxygen atoms in total. The average molecular weight is 439 g/mol. The lowest BCUT2D eigenvalue weighted by atomic mass is 10.1. The van der Waals surface area contributed by atoms with Crippen molar-refractivity contribution < 1.29 is 9.21 Å². The van der Waals surface area contributed by atoms with E-state index in [1.54, 1.807) is 24.0 Å². The van der Waals surface area contributed by atoms with Crippen LogP contribution in [0.4, 0.5) is 0 Å². The first-order valence-corrected chi connectivity index (χ1v) is 11.9. The van der Waals surface area contributed by atoms with Crippen molar-refractivity contribution >= 4 is 17.7 Å². The first kappa shape index (κ1) is 21.7. The van der Waals surface area contributed by atoms with Crippen LogP contribution in [0.3, 0.4) is 0 Å². The Balaban J connectivity index is 1.24. The Kier molecular flexibility index (Phi) is 7.48. The van der Waals surface area contributed by atoms with Gasteiger partial charge in [0.05, 0.1) is 5.75 Å². The number of carbonyl (C=O) groups is 1. The Morgan fingerprint density at radius 2 is 1.97 bits per heavy atom. The fourth-order valence-electron chi connectivity index (χ4n) is 3.90. The van der Waals surface area contributed by atoms with E-state index in [0.29, 0.717) is 11.5 Å². The summed E-state index contributed by atoms with van der Waals surface area (Å²) in [7, 11) is 1.97. The first-order valence-electron chi connectivity index (χ1n) is 10.9. The summed E-state index contributed by atoms with van der Waals surface area (Å²) < 4.78 is 7.83. The zero-order valence-electron chi connectivity index (χ0n) is 18.1. The molecule has 4 rings (SSSR count).